The van der Waals surface area contributed by atoms with Crippen molar-refractivity contribution in [3.05, 3.63) is 0 Å². The highest BCUT2D eigenvalue weighted by Crippen LogP contribution is 2.25. The molecule has 0 aromatic carbocycles. The zero-order valence-electron chi connectivity index (χ0n) is 11.7. The van der Waals surface area contributed by atoms with Gasteiger partial charge in [-0.2, -0.15) is 11.8 Å². The molecule has 0 aromatic rings. The van der Waals surface area contributed by atoms with Crippen LogP contribution in [0, 0.1) is 5.92 Å². The Morgan fingerprint density at radius 3 is 2.56 bits per heavy atom. The molecule has 0 aliphatic heterocycles. The van der Waals surface area contributed by atoms with Crippen LogP contribution in [0.3, 0.4) is 0 Å². The van der Waals surface area contributed by atoms with Crippen molar-refractivity contribution in [2.45, 2.75) is 56.7 Å². The first-order chi connectivity index (χ1) is 7.94. The molecule has 2 atom stereocenters. The lowest BCUT2D eigenvalue weighted by Gasteiger charge is -2.28. The van der Waals surface area contributed by atoms with Gasteiger partial charge < -0.3 is 11.1 Å². The third kappa shape index (κ3) is 6.30. The number of hydrogen-bond acceptors (Lipinski definition) is 3. The maximum absolute atomic E-state index is 11.8. The van der Waals surface area contributed by atoms with Crippen LogP contribution < -0.4 is 11.1 Å². The van der Waals surface area contributed by atoms with Crippen molar-refractivity contribution < 1.29 is 4.79 Å². The van der Waals surface area contributed by atoms with E-state index in [2.05, 4.69) is 25.4 Å². The number of nitrogens with two attached hydrogens (primary N) is 1. The second kappa shape index (κ2) is 8.28. The summed E-state index contributed by atoms with van der Waals surface area (Å²) in [7, 11) is 0. The van der Waals surface area contributed by atoms with Gasteiger partial charge in [0.2, 0.25) is 5.91 Å². The number of halogens is 1. The SMILES string of the molecule is CSC(C)(C)CNC(=O)CC1CCCCC1N.Cl. The molecule has 1 fully saturated rings. The smallest absolute Gasteiger partial charge is 0.220 e. The van der Waals surface area contributed by atoms with Gasteiger partial charge in [-0.3, -0.25) is 4.79 Å². The van der Waals surface area contributed by atoms with Crippen molar-refractivity contribution in [3.63, 3.8) is 0 Å². The van der Waals surface area contributed by atoms with Crippen LogP contribution in [0.2, 0.25) is 0 Å². The summed E-state index contributed by atoms with van der Waals surface area (Å²) < 4.78 is 0.115. The van der Waals surface area contributed by atoms with Crippen LogP contribution in [-0.4, -0.2) is 29.5 Å². The minimum Gasteiger partial charge on any atom is -0.355 e. The van der Waals surface area contributed by atoms with E-state index in [1.807, 2.05) is 0 Å². The van der Waals surface area contributed by atoms with E-state index in [1.165, 1.54) is 12.8 Å². The summed E-state index contributed by atoms with van der Waals surface area (Å²) in [6, 6.07) is 0.225. The average Bonchev–Trinajstić information content (AvgIpc) is 2.30. The van der Waals surface area contributed by atoms with Crippen LogP contribution in [-0.2, 0) is 4.79 Å². The molecule has 0 aromatic heterocycles. The molecule has 1 saturated carbocycles. The molecule has 1 aliphatic rings. The van der Waals surface area contributed by atoms with E-state index in [0.717, 1.165) is 19.4 Å². The topological polar surface area (TPSA) is 55.1 Å². The lowest BCUT2D eigenvalue weighted by Crippen LogP contribution is -2.40. The van der Waals surface area contributed by atoms with Gasteiger partial charge in [0.1, 0.15) is 0 Å². The number of hydrogen-bond donors (Lipinski definition) is 2. The van der Waals surface area contributed by atoms with Crippen LogP contribution >= 0.6 is 24.2 Å². The van der Waals surface area contributed by atoms with E-state index < -0.39 is 0 Å². The molecule has 1 aliphatic carbocycles. The summed E-state index contributed by atoms with van der Waals surface area (Å²) in [5.41, 5.74) is 6.05. The maximum atomic E-state index is 11.8. The van der Waals surface area contributed by atoms with E-state index in [9.17, 15) is 4.79 Å². The van der Waals surface area contributed by atoms with Crippen molar-refractivity contribution in [1.29, 1.82) is 0 Å². The summed E-state index contributed by atoms with van der Waals surface area (Å²) in [5.74, 6) is 0.551. The second-order valence-corrected chi connectivity index (χ2v) is 7.17. The molecule has 3 nitrogen and oxygen atoms in total. The number of rotatable bonds is 5. The van der Waals surface area contributed by atoms with E-state index in [1.54, 1.807) is 11.8 Å². The largest absolute Gasteiger partial charge is 0.355 e. The molecule has 1 rings (SSSR count). The molecule has 2 unspecified atom stereocenters. The molecule has 0 bridgehead atoms. The second-order valence-electron chi connectivity index (χ2n) is 5.65. The fourth-order valence-electron chi connectivity index (χ4n) is 2.18. The Labute approximate surface area is 121 Å². The zero-order chi connectivity index (χ0) is 12.9. The lowest BCUT2D eigenvalue weighted by atomic mass is 9.83. The van der Waals surface area contributed by atoms with Crippen LogP contribution in [0.4, 0.5) is 0 Å². The van der Waals surface area contributed by atoms with Gasteiger partial charge in [-0.1, -0.05) is 12.8 Å². The highest BCUT2D eigenvalue weighted by molar-refractivity contribution is 7.99. The van der Waals surface area contributed by atoms with Crippen LogP contribution in [0.5, 0.6) is 0 Å². The molecule has 0 spiro atoms. The van der Waals surface area contributed by atoms with Crippen molar-refractivity contribution in [2.75, 3.05) is 12.8 Å². The fourth-order valence-corrected chi connectivity index (χ4v) is 2.40. The standard InChI is InChI=1S/C13H26N2OS.ClH/c1-13(2,17-3)9-15-12(16)8-10-6-4-5-7-11(10)14;/h10-11H,4-9,14H2,1-3H3,(H,15,16);1H. The van der Waals surface area contributed by atoms with E-state index >= 15 is 0 Å². The normalized spacial score (nSPS) is 24.2. The summed E-state index contributed by atoms with van der Waals surface area (Å²) in [6.45, 7) is 5.02. The number of thioether (sulfide) groups is 1. The van der Waals surface area contributed by atoms with Crippen molar-refractivity contribution in [3.8, 4) is 0 Å². The molecular weight excluding hydrogens is 268 g/mol. The number of carbonyl (C=O) groups excluding carboxylic acids is 1. The van der Waals surface area contributed by atoms with Crippen molar-refractivity contribution >= 4 is 30.1 Å². The van der Waals surface area contributed by atoms with Gasteiger partial charge in [-0.25, -0.2) is 0 Å². The van der Waals surface area contributed by atoms with Crippen LogP contribution in [0.1, 0.15) is 46.0 Å². The van der Waals surface area contributed by atoms with Gasteiger partial charge in [0.05, 0.1) is 0 Å². The predicted octanol–water partition coefficient (Wildman–Crippen LogP) is 2.57. The minimum absolute atomic E-state index is 0. The summed E-state index contributed by atoms with van der Waals surface area (Å²) >= 11 is 1.78. The van der Waals surface area contributed by atoms with Gasteiger partial charge in [-0.05, 0) is 38.9 Å². The highest BCUT2D eigenvalue weighted by Gasteiger charge is 2.25. The molecular formula is C13H27ClN2OS. The van der Waals surface area contributed by atoms with Crippen molar-refractivity contribution in [1.82, 2.24) is 5.32 Å². The first-order valence-electron chi connectivity index (χ1n) is 6.52. The Bertz CT molecular complexity index is 261. The fraction of sp³-hybridized carbons (Fsp3) is 0.923. The Kier molecular flexibility index (Phi) is 8.31. The van der Waals surface area contributed by atoms with E-state index in [0.29, 0.717) is 12.3 Å². The third-order valence-corrected chi connectivity index (χ3v) is 4.93. The summed E-state index contributed by atoms with van der Waals surface area (Å²) in [5, 5.41) is 3.03. The van der Waals surface area contributed by atoms with Gasteiger partial charge in [-0.15, -0.1) is 12.4 Å². The first-order valence-corrected chi connectivity index (χ1v) is 7.74. The Morgan fingerprint density at radius 2 is 2.00 bits per heavy atom. The highest BCUT2D eigenvalue weighted by atomic mass is 35.5. The minimum atomic E-state index is 0. The Balaban J connectivity index is 0.00000289. The molecule has 3 N–H and O–H groups in total. The first kappa shape index (κ1) is 18.1. The summed E-state index contributed by atoms with van der Waals surface area (Å²) in [6.07, 6.45) is 7.31. The number of nitrogens with one attached hydrogen (secondary N) is 1. The molecule has 0 radical (unpaired) electrons. The van der Waals surface area contributed by atoms with Gasteiger partial charge in [0.15, 0.2) is 0 Å². The Morgan fingerprint density at radius 1 is 1.39 bits per heavy atom. The summed E-state index contributed by atoms with van der Waals surface area (Å²) in [4.78, 5) is 11.8. The van der Waals surface area contributed by atoms with Gasteiger partial charge in [0, 0.05) is 23.8 Å². The van der Waals surface area contributed by atoms with E-state index in [-0.39, 0.29) is 29.1 Å². The molecule has 5 heteroatoms. The predicted molar refractivity (Wildman–Crippen MR) is 82.4 cm³/mol. The van der Waals surface area contributed by atoms with Gasteiger partial charge >= 0.3 is 0 Å². The molecule has 108 valence electrons. The van der Waals surface area contributed by atoms with Crippen LogP contribution in [0.25, 0.3) is 0 Å². The quantitative estimate of drug-likeness (QED) is 0.819. The van der Waals surface area contributed by atoms with Gasteiger partial charge in [0.25, 0.3) is 0 Å². The average molecular weight is 295 g/mol. The molecule has 0 heterocycles. The molecule has 1 amide bonds. The van der Waals surface area contributed by atoms with E-state index in [4.69, 9.17) is 5.73 Å². The molecule has 18 heavy (non-hydrogen) atoms. The maximum Gasteiger partial charge on any atom is 0.220 e. The van der Waals surface area contributed by atoms with Crippen LogP contribution in [0.15, 0.2) is 0 Å². The zero-order valence-corrected chi connectivity index (χ0v) is 13.3. The lowest BCUT2D eigenvalue weighted by molar-refractivity contribution is -0.122. The van der Waals surface area contributed by atoms with Crippen molar-refractivity contribution in [2.24, 2.45) is 11.7 Å². The Hall–Kier alpha value is 0.0700. The molecule has 0 saturated heterocycles. The monoisotopic (exact) mass is 294 g/mol. The number of carbonyl (C=O) groups is 1. The number of amides is 1. The third-order valence-electron chi connectivity index (χ3n) is 3.68.